The van der Waals surface area contributed by atoms with Crippen molar-refractivity contribution in [2.24, 2.45) is 11.3 Å². The maximum absolute atomic E-state index is 13.5. The van der Waals surface area contributed by atoms with Gasteiger partial charge in [-0.25, -0.2) is 4.98 Å². The maximum atomic E-state index is 13.5. The van der Waals surface area contributed by atoms with E-state index in [0.29, 0.717) is 11.5 Å². The summed E-state index contributed by atoms with van der Waals surface area (Å²) < 4.78 is 5.57. The van der Waals surface area contributed by atoms with Gasteiger partial charge in [0.25, 0.3) is 5.91 Å². The van der Waals surface area contributed by atoms with Crippen molar-refractivity contribution < 1.29 is 14.3 Å². The van der Waals surface area contributed by atoms with E-state index < -0.39 is 0 Å². The number of carbonyl (C=O) groups is 2. The van der Waals surface area contributed by atoms with E-state index in [-0.39, 0.29) is 17.2 Å². The summed E-state index contributed by atoms with van der Waals surface area (Å²) in [6.45, 7) is 3.16. The Kier molecular flexibility index (Phi) is 6.56. The zero-order valence-corrected chi connectivity index (χ0v) is 20.9. The molecule has 1 aromatic heterocycles. The molecule has 1 spiro atoms. The monoisotopic (exact) mass is 479 g/mol. The van der Waals surface area contributed by atoms with Crippen molar-refractivity contribution in [1.82, 2.24) is 14.8 Å². The van der Waals surface area contributed by atoms with Crippen molar-refractivity contribution in [3.8, 4) is 5.75 Å². The Bertz CT molecular complexity index is 1070. The number of aromatic nitrogens is 1. The topological polar surface area (TPSA) is 62.7 Å². The zero-order valence-electron chi connectivity index (χ0n) is 20.1. The molecule has 7 heteroatoms. The number of benzene rings is 1. The van der Waals surface area contributed by atoms with Gasteiger partial charge in [0.2, 0.25) is 5.91 Å². The van der Waals surface area contributed by atoms with Crippen LogP contribution in [0.5, 0.6) is 5.75 Å². The molecule has 180 valence electrons. The number of hydrogen-bond acceptors (Lipinski definition) is 5. The lowest BCUT2D eigenvalue weighted by Gasteiger charge is -2.39. The number of pyridine rings is 1. The summed E-state index contributed by atoms with van der Waals surface area (Å²) in [6.07, 6.45) is 9.26. The van der Waals surface area contributed by atoms with Crippen molar-refractivity contribution in [1.29, 1.82) is 0 Å². The first kappa shape index (κ1) is 23.2. The van der Waals surface area contributed by atoms with E-state index in [0.717, 1.165) is 75.5 Å². The number of nitrogens with zero attached hydrogens (tertiary/aromatic N) is 3. The number of thioether (sulfide) groups is 1. The summed E-state index contributed by atoms with van der Waals surface area (Å²) >= 11 is 1.51. The van der Waals surface area contributed by atoms with Crippen molar-refractivity contribution in [3.63, 3.8) is 0 Å². The van der Waals surface area contributed by atoms with Crippen molar-refractivity contribution in [3.05, 3.63) is 53.2 Å². The molecule has 2 aliphatic heterocycles. The van der Waals surface area contributed by atoms with Gasteiger partial charge in [0, 0.05) is 38.3 Å². The Labute approximate surface area is 206 Å². The molecule has 1 unspecified atom stereocenters. The molecule has 5 rings (SSSR count). The number of ether oxygens (including phenoxy) is 1. The number of likely N-dealkylation sites (tertiary alicyclic amines) is 2. The van der Waals surface area contributed by atoms with Crippen LogP contribution in [0.4, 0.5) is 0 Å². The number of piperidine rings is 1. The number of carbonyl (C=O) groups excluding carboxylic acids is 2. The second-order valence-electron chi connectivity index (χ2n) is 9.90. The number of hydrogen-bond donors (Lipinski definition) is 0. The van der Waals surface area contributed by atoms with Gasteiger partial charge < -0.3 is 14.5 Å². The van der Waals surface area contributed by atoms with Crippen LogP contribution in [0.25, 0.3) is 0 Å². The minimum atomic E-state index is 0.0381. The number of fused-ring (bicyclic) bond motifs is 1. The first-order valence-corrected chi connectivity index (χ1v) is 13.5. The van der Waals surface area contributed by atoms with Gasteiger partial charge in [0.05, 0.1) is 12.7 Å². The van der Waals surface area contributed by atoms with Crippen LogP contribution < -0.4 is 4.74 Å². The number of aryl methyl sites for hydroxylation is 1. The van der Waals surface area contributed by atoms with Gasteiger partial charge in [0.15, 0.2) is 0 Å². The molecular weight excluding hydrogens is 446 g/mol. The van der Waals surface area contributed by atoms with Crippen molar-refractivity contribution >= 4 is 23.6 Å². The van der Waals surface area contributed by atoms with E-state index in [4.69, 9.17) is 4.74 Å². The van der Waals surface area contributed by atoms with Crippen LogP contribution in [0, 0.1) is 11.3 Å². The Morgan fingerprint density at radius 2 is 1.85 bits per heavy atom. The van der Waals surface area contributed by atoms with Crippen LogP contribution in [0.2, 0.25) is 0 Å². The van der Waals surface area contributed by atoms with Gasteiger partial charge in [-0.2, -0.15) is 0 Å². The molecular formula is C27H33N3O3S. The fourth-order valence-electron chi connectivity index (χ4n) is 6.02. The lowest BCUT2D eigenvalue weighted by Crippen LogP contribution is -2.45. The highest BCUT2D eigenvalue weighted by Crippen LogP contribution is 2.42. The lowest BCUT2D eigenvalue weighted by molar-refractivity contribution is -0.135. The first-order chi connectivity index (χ1) is 16.5. The highest BCUT2D eigenvalue weighted by molar-refractivity contribution is 7.98. The van der Waals surface area contributed by atoms with Crippen LogP contribution in [0.3, 0.4) is 0 Å². The summed E-state index contributed by atoms with van der Waals surface area (Å²) in [6, 6.07) is 9.90. The second-order valence-corrected chi connectivity index (χ2v) is 10.7. The molecule has 1 aromatic carbocycles. The SMILES string of the molecule is COc1cccc2c1CC(C(=O)N1CCC3(CCN(C(=O)c4cccnc4SC)CC3)C1)CC2. The van der Waals surface area contributed by atoms with Crippen LogP contribution in [0.15, 0.2) is 41.6 Å². The van der Waals surface area contributed by atoms with E-state index in [9.17, 15) is 9.59 Å². The Balaban J connectivity index is 1.20. The average Bonchev–Trinajstić information content (AvgIpc) is 3.30. The van der Waals surface area contributed by atoms with E-state index >= 15 is 0 Å². The predicted octanol–water partition coefficient (Wildman–Crippen LogP) is 4.07. The molecule has 2 saturated heterocycles. The fourth-order valence-corrected chi connectivity index (χ4v) is 6.56. The third-order valence-electron chi connectivity index (χ3n) is 8.07. The summed E-state index contributed by atoms with van der Waals surface area (Å²) in [7, 11) is 1.71. The third kappa shape index (κ3) is 4.30. The average molecular weight is 480 g/mol. The minimum absolute atomic E-state index is 0.0381. The van der Waals surface area contributed by atoms with E-state index in [1.54, 1.807) is 13.3 Å². The van der Waals surface area contributed by atoms with Gasteiger partial charge in [-0.3, -0.25) is 9.59 Å². The zero-order chi connectivity index (χ0) is 23.7. The van der Waals surface area contributed by atoms with Gasteiger partial charge in [-0.15, -0.1) is 11.8 Å². The quantitative estimate of drug-likeness (QED) is 0.619. The number of methoxy groups -OCH3 is 1. The van der Waals surface area contributed by atoms with Crippen LogP contribution >= 0.6 is 11.8 Å². The van der Waals surface area contributed by atoms with Crippen LogP contribution in [-0.4, -0.2) is 66.1 Å². The summed E-state index contributed by atoms with van der Waals surface area (Å²) in [5.41, 5.74) is 3.36. The largest absolute Gasteiger partial charge is 0.496 e. The number of rotatable bonds is 4. The molecule has 1 atom stereocenters. The molecule has 0 radical (unpaired) electrons. The van der Waals surface area contributed by atoms with E-state index in [2.05, 4.69) is 16.0 Å². The molecule has 1 aliphatic carbocycles. The molecule has 3 heterocycles. The molecule has 2 aromatic rings. The third-order valence-corrected chi connectivity index (χ3v) is 8.78. The maximum Gasteiger partial charge on any atom is 0.256 e. The molecule has 0 bridgehead atoms. The normalized spacial score (nSPS) is 21.4. The predicted molar refractivity (Wildman–Crippen MR) is 133 cm³/mol. The fraction of sp³-hybridized carbons (Fsp3) is 0.519. The van der Waals surface area contributed by atoms with Gasteiger partial charge in [0.1, 0.15) is 10.8 Å². The van der Waals surface area contributed by atoms with Gasteiger partial charge in [-0.05, 0) is 79.5 Å². The highest BCUT2D eigenvalue weighted by Gasteiger charge is 2.44. The smallest absolute Gasteiger partial charge is 0.256 e. The molecule has 3 aliphatic rings. The second kappa shape index (κ2) is 9.61. The molecule has 0 N–H and O–H groups in total. The highest BCUT2D eigenvalue weighted by atomic mass is 32.2. The van der Waals surface area contributed by atoms with E-state index in [1.165, 1.54) is 22.9 Å². The standard InChI is InChI=1S/C27H33N3O3S/c1-33-23-7-3-5-19-8-9-20(17-22(19)23)25(31)30-16-12-27(18-30)10-14-29(15-11-27)26(32)21-6-4-13-28-24(21)34-2/h3-7,13,20H,8-12,14-18H2,1-2H3. The minimum Gasteiger partial charge on any atom is -0.496 e. The van der Waals surface area contributed by atoms with Gasteiger partial charge >= 0.3 is 0 Å². The molecule has 34 heavy (non-hydrogen) atoms. The van der Waals surface area contributed by atoms with E-state index in [1.807, 2.05) is 35.4 Å². The first-order valence-electron chi connectivity index (χ1n) is 12.3. The number of amides is 2. The Hall–Kier alpha value is -2.54. The summed E-state index contributed by atoms with van der Waals surface area (Å²) in [5.74, 6) is 1.32. The van der Waals surface area contributed by atoms with Crippen LogP contribution in [-0.2, 0) is 17.6 Å². The van der Waals surface area contributed by atoms with Crippen molar-refractivity contribution in [2.45, 2.75) is 43.6 Å². The van der Waals surface area contributed by atoms with Gasteiger partial charge in [-0.1, -0.05) is 12.1 Å². The molecule has 0 saturated carbocycles. The molecule has 2 fully saturated rings. The lowest BCUT2D eigenvalue weighted by atomic mass is 9.77. The Morgan fingerprint density at radius 1 is 1.09 bits per heavy atom. The Morgan fingerprint density at radius 3 is 2.59 bits per heavy atom. The molecule has 6 nitrogen and oxygen atoms in total. The molecule has 2 amide bonds. The van der Waals surface area contributed by atoms with Crippen molar-refractivity contribution in [2.75, 3.05) is 39.5 Å². The van der Waals surface area contributed by atoms with Crippen LogP contribution in [0.1, 0.15) is 47.2 Å². The summed E-state index contributed by atoms with van der Waals surface area (Å²) in [4.78, 5) is 35.0. The summed E-state index contributed by atoms with van der Waals surface area (Å²) in [5, 5.41) is 0.788.